The molecule has 1 aromatic rings. The molecule has 1 saturated carbocycles. The highest BCUT2D eigenvalue weighted by atomic mass is 15.2. The summed E-state index contributed by atoms with van der Waals surface area (Å²) in [6.45, 7) is 3.41. The molecule has 3 heteroatoms. The molecule has 116 valence electrons. The number of aromatic nitrogens is 1. The molecule has 0 amide bonds. The molecule has 0 aromatic carbocycles. The highest BCUT2D eigenvalue weighted by Gasteiger charge is 2.25. The fourth-order valence-electron chi connectivity index (χ4n) is 3.81. The van der Waals surface area contributed by atoms with E-state index in [1.165, 1.54) is 68.4 Å². The van der Waals surface area contributed by atoms with Crippen molar-refractivity contribution in [3.63, 3.8) is 0 Å². The molecule has 0 aliphatic heterocycles. The van der Waals surface area contributed by atoms with Crippen molar-refractivity contribution in [1.82, 2.24) is 10.3 Å². The second-order valence-corrected chi connectivity index (χ2v) is 6.70. The van der Waals surface area contributed by atoms with Gasteiger partial charge >= 0.3 is 0 Å². The zero-order valence-corrected chi connectivity index (χ0v) is 13.6. The second kappa shape index (κ2) is 6.78. The van der Waals surface area contributed by atoms with Gasteiger partial charge in [0, 0.05) is 24.8 Å². The van der Waals surface area contributed by atoms with Crippen molar-refractivity contribution >= 4 is 5.82 Å². The van der Waals surface area contributed by atoms with Crippen molar-refractivity contribution in [3.05, 3.63) is 23.4 Å². The van der Waals surface area contributed by atoms with Gasteiger partial charge in [-0.3, -0.25) is 0 Å². The summed E-state index contributed by atoms with van der Waals surface area (Å²) in [7, 11) is 2.23. The summed E-state index contributed by atoms with van der Waals surface area (Å²) in [6.07, 6.45) is 10.1. The van der Waals surface area contributed by atoms with Crippen LogP contribution in [-0.2, 0) is 12.8 Å². The van der Waals surface area contributed by atoms with Crippen LogP contribution in [0.4, 0.5) is 5.82 Å². The van der Waals surface area contributed by atoms with Crippen LogP contribution in [0.25, 0.3) is 0 Å². The number of nitrogens with zero attached hydrogens (tertiary/aromatic N) is 2. The van der Waals surface area contributed by atoms with Gasteiger partial charge in [-0.05, 0) is 69.5 Å². The van der Waals surface area contributed by atoms with Crippen LogP contribution >= 0.6 is 0 Å². The van der Waals surface area contributed by atoms with Crippen LogP contribution in [0, 0.1) is 0 Å². The Bertz CT molecular complexity index is 464. The monoisotopic (exact) mass is 287 g/mol. The summed E-state index contributed by atoms with van der Waals surface area (Å²) in [6, 6.07) is 5.93. The smallest absolute Gasteiger partial charge is 0.128 e. The van der Waals surface area contributed by atoms with Crippen LogP contribution in [0.5, 0.6) is 0 Å². The molecule has 0 saturated heterocycles. The normalized spacial score (nSPS) is 24.9. The van der Waals surface area contributed by atoms with E-state index in [4.69, 9.17) is 4.98 Å². The summed E-state index contributed by atoms with van der Waals surface area (Å²) in [4.78, 5) is 7.33. The average Bonchev–Trinajstić information content (AvgIpc) is 3.00. The van der Waals surface area contributed by atoms with Crippen molar-refractivity contribution in [3.8, 4) is 0 Å². The van der Waals surface area contributed by atoms with E-state index in [1.54, 1.807) is 0 Å². The van der Waals surface area contributed by atoms with Gasteiger partial charge in [-0.25, -0.2) is 4.98 Å². The fraction of sp³-hybridized carbons (Fsp3) is 0.722. The molecule has 0 unspecified atom stereocenters. The highest BCUT2D eigenvalue weighted by molar-refractivity contribution is 5.43. The molecule has 1 N–H and O–H groups in total. The lowest BCUT2D eigenvalue weighted by molar-refractivity contribution is 0.337. The second-order valence-electron chi connectivity index (χ2n) is 6.70. The lowest BCUT2D eigenvalue weighted by Gasteiger charge is -2.35. The van der Waals surface area contributed by atoms with Gasteiger partial charge in [0.2, 0.25) is 0 Å². The summed E-state index contributed by atoms with van der Waals surface area (Å²) >= 11 is 0. The van der Waals surface area contributed by atoms with Gasteiger partial charge in [0.1, 0.15) is 5.82 Å². The molecule has 1 fully saturated rings. The third kappa shape index (κ3) is 3.39. The number of nitrogens with one attached hydrogen (secondary N) is 1. The quantitative estimate of drug-likeness (QED) is 0.900. The minimum atomic E-state index is 0.664. The van der Waals surface area contributed by atoms with Crippen molar-refractivity contribution in [2.45, 2.75) is 70.4 Å². The maximum atomic E-state index is 4.91. The van der Waals surface area contributed by atoms with E-state index in [2.05, 4.69) is 36.3 Å². The summed E-state index contributed by atoms with van der Waals surface area (Å²) in [5.41, 5.74) is 2.82. The van der Waals surface area contributed by atoms with Gasteiger partial charge in [0.25, 0.3) is 0 Å². The van der Waals surface area contributed by atoms with Crippen molar-refractivity contribution in [2.75, 3.05) is 18.5 Å². The molecule has 0 radical (unpaired) electrons. The van der Waals surface area contributed by atoms with E-state index in [0.29, 0.717) is 6.04 Å². The molecule has 1 aromatic heterocycles. The molecular formula is C18H29N3. The van der Waals surface area contributed by atoms with Gasteiger partial charge < -0.3 is 10.2 Å². The first-order chi connectivity index (χ1) is 10.3. The summed E-state index contributed by atoms with van der Waals surface area (Å²) in [5, 5.41) is 3.67. The van der Waals surface area contributed by atoms with E-state index in [0.717, 1.165) is 12.6 Å². The van der Waals surface area contributed by atoms with Crippen LogP contribution < -0.4 is 10.2 Å². The Kier molecular flexibility index (Phi) is 4.79. The number of aryl methyl sites for hydroxylation is 2. The van der Waals surface area contributed by atoms with Gasteiger partial charge in [0.05, 0.1) is 0 Å². The van der Waals surface area contributed by atoms with Crippen LogP contribution in [0.2, 0.25) is 0 Å². The van der Waals surface area contributed by atoms with Crippen molar-refractivity contribution in [2.24, 2.45) is 0 Å². The third-order valence-electron chi connectivity index (χ3n) is 5.20. The number of pyridine rings is 1. The van der Waals surface area contributed by atoms with Crippen molar-refractivity contribution in [1.29, 1.82) is 0 Å². The van der Waals surface area contributed by atoms with Crippen LogP contribution in [-0.4, -0.2) is 30.7 Å². The van der Waals surface area contributed by atoms with Gasteiger partial charge in [-0.15, -0.1) is 0 Å². The lowest BCUT2D eigenvalue weighted by atomic mass is 9.90. The van der Waals surface area contributed by atoms with Gasteiger partial charge in [-0.2, -0.15) is 0 Å². The van der Waals surface area contributed by atoms with Gasteiger partial charge in [0.15, 0.2) is 0 Å². The molecule has 3 nitrogen and oxygen atoms in total. The molecule has 0 spiro atoms. The van der Waals surface area contributed by atoms with E-state index in [9.17, 15) is 0 Å². The largest absolute Gasteiger partial charge is 0.357 e. The molecule has 0 atom stereocenters. The Hall–Kier alpha value is -1.09. The standard InChI is InChI=1S/C18H29N3/c1-3-13-19-15-8-10-16(11-9-15)21(2)18-12-7-14-5-4-6-17(14)20-18/h7,12,15-16,19H,3-6,8-11,13H2,1-2H3. The number of rotatable bonds is 5. The molecule has 3 rings (SSSR count). The third-order valence-corrected chi connectivity index (χ3v) is 5.20. The fourth-order valence-corrected chi connectivity index (χ4v) is 3.81. The van der Waals surface area contributed by atoms with E-state index >= 15 is 0 Å². The van der Waals surface area contributed by atoms with E-state index < -0.39 is 0 Å². The van der Waals surface area contributed by atoms with Crippen molar-refractivity contribution < 1.29 is 0 Å². The predicted octanol–water partition coefficient (Wildman–Crippen LogP) is 3.32. The van der Waals surface area contributed by atoms with Crippen LogP contribution in [0.15, 0.2) is 12.1 Å². The zero-order valence-electron chi connectivity index (χ0n) is 13.6. The SMILES string of the molecule is CCCNC1CCC(N(C)c2ccc3c(n2)CCC3)CC1. The van der Waals surface area contributed by atoms with Crippen LogP contribution in [0.1, 0.15) is 56.7 Å². The van der Waals surface area contributed by atoms with Gasteiger partial charge in [-0.1, -0.05) is 13.0 Å². The Balaban J connectivity index is 1.57. The molecule has 1 heterocycles. The number of fused-ring (bicyclic) bond motifs is 1. The Morgan fingerprint density at radius 2 is 2.00 bits per heavy atom. The topological polar surface area (TPSA) is 28.2 Å². The molecule has 2 aliphatic rings. The maximum absolute atomic E-state index is 4.91. The molecule has 21 heavy (non-hydrogen) atoms. The lowest BCUT2D eigenvalue weighted by Crippen LogP contribution is -2.41. The predicted molar refractivity (Wildman–Crippen MR) is 89.0 cm³/mol. The zero-order chi connectivity index (χ0) is 14.7. The highest BCUT2D eigenvalue weighted by Crippen LogP contribution is 2.28. The minimum Gasteiger partial charge on any atom is -0.357 e. The summed E-state index contributed by atoms with van der Waals surface area (Å²) in [5.74, 6) is 1.18. The Morgan fingerprint density at radius 3 is 2.76 bits per heavy atom. The maximum Gasteiger partial charge on any atom is 0.128 e. The first-order valence-electron chi connectivity index (χ1n) is 8.73. The first kappa shape index (κ1) is 14.8. The molecular weight excluding hydrogens is 258 g/mol. The van der Waals surface area contributed by atoms with E-state index in [-0.39, 0.29) is 0 Å². The average molecular weight is 287 g/mol. The number of hydrogen-bond acceptors (Lipinski definition) is 3. The van der Waals surface area contributed by atoms with Crippen LogP contribution in [0.3, 0.4) is 0 Å². The molecule has 0 bridgehead atoms. The van der Waals surface area contributed by atoms with E-state index in [1.807, 2.05) is 0 Å². The Morgan fingerprint density at radius 1 is 1.19 bits per heavy atom. The number of hydrogen-bond donors (Lipinski definition) is 1. The number of anilines is 1. The molecule has 2 aliphatic carbocycles. The first-order valence-corrected chi connectivity index (χ1v) is 8.73. The Labute approximate surface area is 129 Å². The minimum absolute atomic E-state index is 0.664. The summed E-state index contributed by atoms with van der Waals surface area (Å²) < 4.78 is 0.